The maximum atomic E-state index is 9.65. The van der Waals surface area contributed by atoms with Crippen LogP contribution in [0.25, 0.3) is 0 Å². The molecule has 2 aliphatic carbocycles. The zero-order chi connectivity index (χ0) is 14.4. The molecule has 2 aliphatic rings. The third kappa shape index (κ3) is 3.74. The second-order valence-electron chi connectivity index (χ2n) is 6.83. The molecule has 0 saturated heterocycles. The largest absolute Gasteiger partial charge is 0.300 e. The first-order valence-corrected chi connectivity index (χ1v) is 8.59. The predicted molar refractivity (Wildman–Crippen MR) is 83.5 cm³/mol. The van der Waals surface area contributed by atoms with E-state index in [-0.39, 0.29) is 5.54 Å². The first-order chi connectivity index (χ1) is 9.71. The van der Waals surface area contributed by atoms with Crippen LogP contribution in [-0.4, -0.2) is 36.1 Å². The van der Waals surface area contributed by atoms with E-state index in [1.165, 1.54) is 44.9 Å². The second kappa shape index (κ2) is 7.43. The van der Waals surface area contributed by atoms with Gasteiger partial charge < -0.3 is 4.90 Å². The number of rotatable bonds is 5. The lowest BCUT2D eigenvalue weighted by Crippen LogP contribution is -2.54. The molecule has 2 fully saturated rings. The van der Waals surface area contributed by atoms with Crippen molar-refractivity contribution < 1.29 is 0 Å². The van der Waals surface area contributed by atoms with Gasteiger partial charge in [-0.25, -0.2) is 0 Å². The van der Waals surface area contributed by atoms with Crippen molar-refractivity contribution in [3.63, 3.8) is 0 Å². The minimum Gasteiger partial charge on any atom is -0.300 e. The molecule has 0 aromatic carbocycles. The average molecular weight is 277 g/mol. The van der Waals surface area contributed by atoms with Crippen LogP contribution in [0.5, 0.6) is 0 Å². The Hall–Kier alpha value is -0.590. The fourth-order valence-electron chi connectivity index (χ4n) is 4.05. The Morgan fingerprint density at radius 1 is 1.15 bits per heavy atom. The summed E-state index contributed by atoms with van der Waals surface area (Å²) in [5, 5.41) is 13.2. The van der Waals surface area contributed by atoms with Crippen LogP contribution in [0.2, 0.25) is 0 Å². The first-order valence-electron chi connectivity index (χ1n) is 8.59. The predicted octanol–water partition coefficient (Wildman–Crippen LogP) is 3.46. The summed E-state index contributed by atoms with van der Waals surface area (Å²) in [4.78, 5) is 2.61. The van der Waals surface area contributed by atoms with Gasteiger partial charge in [-0.3, -0.25) is 5.32 Å². The molecule has 0 spiro atoms. The lowest BCUT2D eigenvalue weighted by Gasteiger charge is -2.44. The minimum absolute atomic E-state index is 0.262. The van der Waals surface area contributed by atoms with Gasteiger partial charge in [0.05, 0.1) is 6.07 Å². The van der Waals surface area contributed by atoms with Gasteiger partial charge in [-0.2, -0.15) is 5.26 Å². The Morgan fingerprint density at radius 2 is 1.85 bits per heavy atom. The van der Waals surface area contributed by atoms with Gasteiger partial charge in [-0.1, -0.05) is 26.2 Å². The molecule has 0 aromatic rings. The summed E-state index contributed by atoms with van der Waals surface area (Å²) < 4.78 is 0. The Balaban J connectivity index is 1.96. The summed E-state index contributed by atoms with van der Waals surface area (Å²) in [6, 6.07) is 3.95. The number of nitriles is 1. The average Bonchev–Trinajstić information content (AvgIpc) is 2.53. The van der Waals surface area contributed by atoms with E-state index in [0.29, 0.717) is 6.04 Å². The third-order valence-electron chi connectivity index (χ3n) is 5.38. The van der Waals surface area contributed by atoms with Crippen molar-refractivity contribution in [3.05, 3.63) is 0 Å². The van der Waals surface area contributed by atoms with E-state index in [1.807, 2.05) is 0 Å². The Morgan fingerprint density at radius 3 is 2.50 bits per heavy atom. The topological polar surface area (TPSA) is 39.1 Å². The normalized spacial score (nSPS) is 32.2. The maximum absolute atomic E-state index is 9.65. The van der Waals surface area contributed by atoms with Crippen molar-refractivity contribution >= 4 is 0 Å². The van der Waals surface area contributed by atoms with Gasteiger partial charge in [0.1, 0.15) is 5.54 Å². The van der Waals surface area contributed by atoms with Gasteiger partial charge in [0.15, 0.2) is 0 Å². The number of hydrogen-bond acceptors (Lipinski definition) is 3. The third-order valence-corrected chi connectivity index (χ3v) is 5.38. The van der Waals surface area contributed by atoms with Crippen molar-refractivity contribution in [1.29, 1.82) is 5.26 Å². The standard InChI is InChI=1S/C17H31N3/c1-3-12-19-17(14-18)11-7-10-16(13-17)20(2)15-8-5-4-6-9-15/h15-16,19H,3-13H2,1-2H3. The molecule has 0 amide bonds. The van der Waals surface area contributed by atoms with Crippen LogP contribution < -0.4 is 5.32 Å². The SMILES string of the molecule is CCCNC1(C#N)CCCC(N(C)C2CCCCC2)C1. The van der Waals surface area contributed by atoms with Crippen LogP contribution in [0.1, 0.15) is 71.1 Å². The van der Waals surface area contributed by atoms with Crippen LogP contribution in [0, 0.1) is 11.3 Å². The zero-order valence-corrected chi connectivity index (χ0v) is 13.3. The molecule has 2 atom stereocenters. The van der Waals surface area contributed by atoms with Crippen molar-refractivity contribution in [2.75, 3.05) is 13.6 Å². The minimum atomic E-state index is -0.262. The van der Waals surface area contributed by atoms with E-state index in [1.54, 1.807) is 0 Å². The molecule has 0 aliphatic heterocycles. The van der Waals surface area contributed by atoms with Gasteiger partial charge in [-0.15, -0.1) is 0 Å². The molecule has 3 nitrogen and oxygen atoms in total. The Kier molecular flexibility index (Phi) is 5.86. The van der Waals surface area contributed by atoms with Crippen LogP contribution >= 0.6 is 0 Å². The van der Waals surface area contributed by atoms with E-state index in [0.717, 1.165) is 31.8 Å². The highest BCUT2D eigenvalue weighted by molar-refractivity contribution is 5.11. The molecule has 2 unspecified atom stereocenters. The highest BCUT2D eigenvalue weighted by atomic mass is 15.2. The highest BCUT2D eigenvalue weighted by Crippen LogP contribution is 2.33. The summed E-state index contributed by atoms with van der Waals surface area (Å²) in [7, 11) is 2.30. The molecule has 2 saturated carbocycles. The number of hydrogen-bond donors (Lipinski definition) is 1. The molecule has 0 bridgehead atoms. The van der Waals surface area contributed by atoms with Gasteiger partial charge in [0, 0.05) is 12.1 Å². The summed E-state index contributed by atoms with van der Waals surface area (Å²) in [5.41, 5.74) is -0.262. The van der Waals surface area contributed by atoms with E-state index in [2.05, 4.69) is 30.3 Å². The molecule has 1 N–H and O–H groups in total. The maximum Gasteiger partial charge on any atom is 0.108 e. The lowest BCUT2D eigenvalue weighted by molar-refractivity contribution is 0.0864. The molecule has 0 radical (unpaired) electrons. The van der Waals surface area contributed by atoms with Gasteiger partial charge >= 0.3 is 0 Å². The number of nitrogens with one attached hydrogen (secondary N) is 1. The van der Waals surface area contributed by atoms with Crippen molar-refractivity contribution in [2.24, 2.45) is 0 Å². The lowest BCUT2D eigenvalue weighted by atomic mass is 9.78. The molecule has 20 heavy (non-hydrogen) atoms. The van der Waals surface area contributed by atoms with Gasteiger partial charge in [0.2, 0.25) is 0 Å². The Labute approximate surface area is 124 Å². The van der Waals surface area contributed by atoms with E-state index >= 15 is 0 Å². The summed E-state index contributed by atoms with van der Waals surface area (Å²) >= 11 is 0. The molecular formula is C17H31N3. The Bertz CT molecular complexity index is 330. The number of nitrogens with zero attached hydrogens (tertiary/aromatic N) is 2. The molecule has 2 rings (SSSR count). The molecule has 0 aromatic heterocycles. The van der Waals surface area contributed by atoms with E-state index in [9.17, 15) is 5.26 Å². The summed E-state index contributed by atoms with van der Waals surface area (Å²) in [6.07, 6.45) is 12.5. The fourth-order valence-corrected chi connectivity index (χ4v) is 4.05. The highest BCUT2D eigenvalue weighted by Gasteiger charge is 2.38. The quantitative estimate of drug-likeness (QED) is 0.836. The fraction of sp³-hybridized carbons (Fsp3) is 0.941. The summed E-state index contributed by atoms with van der Waals surface area (Å²) in [6.45, 7) is 3.14. The molecule has 114 valence electrons. The monoisotopic (exact) mass is 277 g/mol. The van der Waals surface area contributed by atoms with Crippen molar-refractivity contribution in [2.45, 2.75) is 88.8 Å². The zero-order valence-electron chi connectivity index (χ0n) is 13.3. The van der Waals surface area contributed by atoms with Crippen molar-refractivity contribution in [1.82, 2.24) is 10.2 Å². The molecular weight excluding hydrogens is 246 g/mol. The smallest absolute Gasteiger partial charge is 0.108 e. The van der Waals surface area contributed by atoms with Gasteiger partial charge in [0.25, 0.3) is 0 Å². The molecule has 0 heterocycles. The second-order valence-corrected chi connectivity index (χ2v) is 6.83. The van der Waals surface area contributed by atoms with E-state index in [4.69, 9.17) is 0 Å². The van der Waals surface area contributed by atoms with Gasteiger partial charge in [-0.05, 0) is 58.5 Å². The van der Waals surface area contributed by atoms with Crippen LogP contribution in [0.15, 0.2) is 0 Å². The van der Waals surface area contributed by atoms with Crippen molar-refractivity contribution in [3.8, 4) is 6.07 Å². The molecule has 3 heteroatoms. The van der Waals surface area contributed by atoms with Crippen LogP contribution in [0.4, 0.5) is 0 Å². The van der Waals surface area contributed by atoms with Crippen LogP contribution in [-0.2, 0) is 0 Å². The first kappa shape index (κ1) is 15.8. The van der Waals surface area contributed by atoms with Crippen LogP contribution in [0.3, 0.4) is 0 Å². The van der Waals surface area contributed by atoms with E-state index < -0.39 is 0 Å². The summed E-state index contributed by atoms with van der Waals surface area (Å²) in [5.74, 6) is 0.